The molecule has 0 unspecified atom stereocenters. The molecule has 0 aliphatic heterocycles. The molecule has 0 heterocycles. The van der Waals surface area contributed by atoms with Crippen molar-refractivity contribution in [2.75, 3.05) is 5.33 Å². The van der Waals surface area contributed by atoms with Crippen LogP contribution in [0.2, 0.25) is 0 Å². The van der Waals surface area contributed by atoms with Gasteiger partial charge in [0.2, 0.25) is 0 Å². The minimum Gasteiger partial charge on any atom is -0.0928 e. The number of hydrogen-bond acceptors (Lipinski definition) is 0. The number of rotatable bonds is 14. The van der Waals surface area contributed by atoms with Crippen LogP contribution in [0.1, 0.15) is 96.8 Å². The Bertz CT molecular complexity index is 114. The molecule has 0 aromatic rings. The van der Waals surface area contributed by atoms with Crippen molar-refractivity contribution in [1.29, 1.82) is 0 Å². The Morgan fingerprint density at radius 3 is 1.06 bits per heavy atom. The summed E-state index contributed by atoms with van der Waals surface area (Å²) in [5.74, 6) is 0. The monoisotopic (exact) mass is 327 g/mol. The van der Waals surface area contributed by atoms with Crippen molar-refractivity contribution in [3.63, 3.8) is 0 Å². The third kappa shape index (κ3) is 19.8. The normalized spacial score (nSPS) is 10.3. The van der Waals surface area contributed by atoms with Crippen LogP contribution in [-0.4, -0.2) is 34.9 Å². The number of unbranched alkanes of at least 4 members (excludes halogenated alkanes) is 13. The molecule has 0 aliphatic rings. The van der Waals surface area contributed by atoms with Crippen LogP contribution in [0, 0.1) is 0 Å². The van der Waals surface area contributed by atoms with Crippen molar-refractivity contribution < 1.29 is 0 Å². The van der Waals surface area contributed by atoms with Crippen LogP contribution < -0.4 is 0 Å². The van der Waals surface area contributed by atoms with Gasteiger partial charge in [0, 0.05) is 34.9 Å². The Hall–Kier alpha value is 1.48. The minimum atomic E-state index is 0. The summed E-state index contributed by atoms with van der Waals surface area (Å²) in [6, 6.07) is 0. The maximum atomic E-state index is 3.48. The summed E-state index contributed by atoms with van der Waals surface area (Å²) >= 11 is 3.48. The molecule has 1 radical (unpaired) electrons. The molecule has 2 heteroatoms. The molecule has 0 saturated carbocycles. The molecule has 105 valence electrons. The molecule has 0 saturated heterocycles. The quantitative estimate of drug-likeness (QED) is 0.194. The van der Waals surface area contributed by atoms with E-state index in [-0.39, 0.29) is 29.6 Å². The summed E-state index contributed by atoms with van der Waals surface area (Å²) in [6.07, 6.45) is 20.3. The molecule has 0 rings (SSSR count). The Labute approximate surface area is 146 Å². The van der Waals surface area contributed by atoms with Gasteiger partial charge in [0.25, 0.3) is 0 Å². The molecular formula is C16H33BrNa. The van der Waals surface area contributed by atoms with Crippen LogP contribution in [0.25, 0.3) is 0 Å². The smallest absolute Gasteiger partial charge is 0.00313 e. The molecule has 0 N–H and O–H groups in total. The van der Waals surface area contributed by atoms with Gasteiger partial charge < -0.3 is 0 Å². The number of alkyl halides is 1. The SMILES string of the molecule is CCCCCCCCCCCCCCCCBr.[Na]. The van der Waals surface area contributed by atoms with E-state index in [9.17, 15) is 0 Å². The molecular weight excluding hydrogens is 295 g/mol. The van der Waals surface area contributed by atoms with Crippen LogP contribution in [-0.2, 0) is 0 Å². The van der Waals surface area contributed by atoms with Crippen molar-refractivity contribution in [1.82, 2.24) is 0 Å². The van der Waals surface area contributed by atoms with E-state index in [1.54, 1.807) is 0 Å². The van der Waals surface area contributed by atoms with Gasteiger partial charge in [-0.2, -0.15) is 0 Å². The van der Waals surface area contributed by atoms with E-state index in [0.717, 1.165) is 0 Å². The second kappa shape index (κ2) is 20.8. The van der Waals surface area contributed by atoms with Crippen LogP contribution in [0.5, 0.6) is 0 Å². The van der Waals surface area contributed by atoms with Gasteiger partial charge in [-0.1, -0.05) is 106 Å². The zero-order chi connectivity index (χ0) is 12.6. The van der Waals surface area contributed by atoms with Crippen molar-refractivity contribution >= 4 is 45.5 Å². The van der Waals surface area contributed by atoms with Crippen molar-refractivity contribution in [2.45, 2.75) is 96.8 Å². The van der Waals surface area contributed by atoms with Gasteiger partial charge in [-0.25, -0.2) is 0 Å². The minimum absolute atomic E-state index is 0. The maximum absolute atomic E-state index is 3.48. The summed E-state index contributed by atoms with van der Waals surface area (Å²) in [4.78, 5) is 0. The van der Waals surface area contributed by atoms with Gasteiger partial charge in [0.15, 0.2) is 0 Å². The van der Waals surface area contributed by atoms with Gasteiger partial charge in [0.1, 0.15) is 0 Å². The fourth-order valence-electron chi connectivity index (χ4n) is 2.29. The summed E-state index contributed by atoms with van der Waals surface area (Å²) in [7, 11) is 0. The van der Waals surface area contributed by atoms with Crippen LogP contribution >= 0.6 is 15.9 Å². The van der Waals surface area contributed by atoms with E-state index in [1.165, 1.54) is 95.2 Å². The summed E-state index contributed by atoms with van der Waals surface area (Å²) in [5.41, 5.74) is 0. The van der Waals surface area contributed by atoms with Crippen LogP contribution in [0.15, 0.2) is 0 Å². The average Bonchev–Trinajstić information content (AvgIpc) is 2.35. The third-order valence-corrected chi connectivity index (χ3v) is 4.05. The molecule has 0 bridgehead atoms. The fraction of sp³-hybridized carbons (Fsp3) is 1.00. The van der Waals surface area contributed by atoms with Gasteiger partial charge in [0.05, 0.1) is 0 Å². The first kappa shape index (κ1) is 21.8. The molecule has 0 nitrogen and oxygen atoms in total. The first-order chi connectivity index (χ1) is 8.41. The molecule has 0 amide bonds. The summed E-state index contributed by atoms with van der Waals surface area (Å²) in [6.45, 7) is 2.29. The molecule has 0 aromatic carbocycles. The first-order valence-electron chi connectivity index (χ1n) is 7.97. The van der Waals surface area contributed by atoms with Crippen molar-refractivity contribution in [3.8, 4) is 0 Å². The van der Waals surface area contributed by atoms with Crippen LogP contribution in [0.3, 0.4) is 0 Å². The second-order valence-electron chi connectivity index (χ2n) is 5.29. The van der Waals surface area contributed by atoms with Crippen molar-refractivity contribution in [2.24, 2.45) is 0 Å². The van der Waals surface area contributed by atoms with Crippen LogP contribution in [0.4, 0.5) is 0 Å². The third-order valence-electron chi connectivity index (χ3n) is 3.49. The van der Waals surface area contributed by atoms with E-state index in [0.29, 0.717) is 0 Å². The predicted octanol–water partition coefficient (Wildman–Crippen LogP) is 6.48. The zero-order valence-corrected chi connectivity index (χ0v) is 16.6. The average molecular weight is 328 g/mol. The van der Waals surface area contributed by atoms with Gasteiger partial charge in [-0.05, 0) is 6.42 Å². The van der Waals surface area contributed by atoms with E-state index >= 15 is 0 Å². The Kier molecular flexibility index (Phi) is 25.1. The largest absolute Gasteiger partial charge is 0.0928 e. The molecule has 0 fully saturated rings. The predicted molar refractivity (Wildman–Crippen MR) is 89.9 cm³/mol. The summed E-state index contributed by atoms with van der Waals surface area (Å²) in [5, 5.41) is 1.19. The molecule has 0 spiro atoms. The summed E-state index contributed by atoms with van der Waals surface area (Å²) < 4.78 is 0. The fourth-order valence-corrected chi connectivity index (χ4v) is 2.69. The Morgan fingerprint density at radius 1 is 0.500 bits per heavy atom. The van der Waals surface area contributed by atoms with E-state index < -0.39 is 0 Å². The molecule has 0 atom stereocenters. The standard InChI is InChI=1S/C16H33Br.Na/c1-2-3-4-5-6-7-8-9-10-11-12-13-14-15-16-17;/h2-16H2,1H3;. The Morgan fingerprint density at radius 2 is 0.778 bits per heavy atom. The molecule has 0 aromatic heterocycles. The van der Waals surface area contributed by atoms with E-state index in [2.05, 4.69) is 22.9 Å². The maximum Gasteiger partial charge on any atom is 0.00313 e. The first-order valence-corrected chi connectivity index (χ1v) is 9.10. The van der Waals surface area contributed by atoms with E-state index in [1.807, 2.05) is 0 Å². The van der Waals surface area contributed by atoms with Crippen molar-refractivity contribution in [3.05, 3.63) is 0 Å². The van der Waals surface area contributed by atoms with Gasteiger partial charge in [-0.3, -0.25) is 0 Å². The molecule has 18 heavy (non-hydrogen) atoms. The van der Waals surface area contributed by atoms with Gasteiger partial charge in [-0.15, -0.1) is 0 Å². The second-order valence-corrected chi connectivity index (χ2v) is 6.08. The molecule has 0 aliphatic carbocycles. The topological polar surface area (TPSA) is 0 Å². The van der Waals surface area contributed by atoms with E-state index in [4.69, 9.17) is 0 Å². The Balaban J connectivity index is 0. The number of halogens is 1. The zero-order valence-electron chi connectivity index (χ0n) is 13.0. The number of hydrogen-bond donors (Lipinski definition) is 0. The van der Waals surface area contributed by atoms with Gasteiger partial charge >= 0.3 is 0 Å².